The second kappa shape index (κ2) is 10.2. The fraction of sp³-hybridized carbons (Fsp3) is 0.231. The molecule has 9 heteroatoms. The number of nitrogens with zero attached hydrogens (tertiary/aromatic N) is 2. The van der Waals surface area contributed by atoms with Crippen LogP contribution in [0.1, 0.15) is 25.3 Å². The molecule has 2 aromatic carbocycles. The van der Waals surface area contributed by atoms with Gasteiger partial charge in [0.1, 0.15) is 11.7 Å². The Morgan fingerprint density at radius 3 is 2.46 bits per heavy atom. The number of nitrogens with one attached hydrogen (secondary N) is 1. The molecule has 0 amide bonds. The number of carbonyl (C=O) groups excluding carboxylic acids is 2. The Balaban J connectivity index is 1.78. The van der Waals surface area contributed by atoms with Gasteiger partial charge >= 0.3 is 11.9 Å². The second-order valence-electron chi connectivity index (χ2n) is 7.95. The third-order valence-corrected chi connectivity index (χ3v) is 6.64. The van der Waals surface area contributed by atoms with Crippen LogP contribution in [0.3, 0.4) is 0 Å². The van der Waals surface area contributed by atoms with Crippen molar-refractivity contribution in [1.29, 1.82) is 0 Å². The number of hydrogen-bond acceptors (Lipinski definition) is 8. The molecular formula is C26H24FN3O4S. The van der Waals surface area contributed by atoms with Gasteiger partial charge in [0.05, 0.1) is 25.5 Å². The van der Waals surface area contributed by atoms with Crippen molar-refractivity contribution in [1.82, 2.24) is 4.98 Å². The molecule has 0 saturated heterocycles. The topological polar surface area (TPSA) is 89.9 Å². The lowest BCUT2D eigenvalue weighted by Crippen LogP contribution is -2.36. The van der Waals surface area contributed by atoms with E-state index >= 15 is 0 Å². The van der Waals surface area contributed by atoms with E-state index in [1.807, 2.05) is 24.3 Å². The van der Waals surface area contributed by atoms with Crippen molar-refractivity contribution in [3.05, 3.63) is 76.6 Å². The quantitative estimate of drug-likeness (QED) is 0.457. The molecule has 2 heterocycles. The monoisotopic (exact) mass is 493 g/mol. The van der Waals surface area contributed by atoms with Crippen LogP contribution in [-0.2, 0) is 19.1 Å². The van der Waals surface area contributed by atoms with E-state index in [4.69, 9.17) is 9.47 Å². The molecule has 180 valence electrons. The maximum atomic E-state index is 14.2. The number of methoxy groups -OCH3 is 2. The molecule has 0 radical (unpaired) electrons. The number of aliphatic imine (C=N–C) groups is 1. The number of anilines is 2. The average Bonchev–Trinajstić information content (AvgIpc) is 3.31. The fourth-order valence-electron chi connectivity index (χ4n) is 4.30. The molecule has 0 aliphatic carbocycles. The summed E-state index contributed by atoms with van der Waals surface area (Å²) >= 11 is 1.32. The molecule has 35 heavy (non-hydrogen) atoms. The standard InChI is InChI=1S/C26H24FN3O4S/c1-14-21(24(31)33-3)23(22(15(2)28-14)25(32)34-4)17-10-6-8-12-19(17)29-26-30-20(13-35-26)16-9-5-7-11-18(16)27/h5-13,21,23H,1-4H3,(H,29,30). The molecule has 0 bridgehead atoms. The first kappa shape index (κ1) is 24.3. The van der Waals surface area contributed by atoms with Crippen LogP contribution in [0.15, 0.2) is 70.2 Å². The second-order valence-corrected chi connectivity index (χ2v) is 8.81. The molecule has 0 saturated carbocycles. The van der Waals surface area contributed by atoms with Crippen molar-refractivity contribution >= 4 is 39.8 Å². The normalized spacial score (nSPS) is 17.6. The maximum Gasteiger partial charge on any atom is 0.336 e. The molecule has 7 nitrogen and oxygen atoms in total. The zero-order valence-corrected chi connectivity index (χ0v) is 20.5. The van der Waals surface area contributed by atoms with Crippen molar-refractivity contribution in [2.75, 3.05) is 19.5 Å². The highest BCUT2D eigenvalue weighted by molar-refractivity contribution is 7.14. The maximum absolute atomic E-state index is 14.2. The van der Waals surface area contributed by atoms with E-state index < -0.39 is 23.8 Å². The number of para-hydroxylation sites is 1. The highest BCUT2D eigenvalue weighted by Crippen LogP contribution is 2.43. The fourth-order valence-corrected chi connectivity index (χ4v) is 5.02. The van der Waals surface area contributed by atoms with Crippen LogP contribution < -0.4 is 5.32 Å². The summed E-state index contributed by atoms with van der Waals surface area (Å²) in [6.45, 7) is 3.46. The van der Waals surface area contributed by atoms with Gasteiger partial charge in [0, 0.05) is 34.0 Å². The third-order valence-electron chi connectivity index (χ3n) is 5.88. The summed E-state index contributed by atoms with van der Waals surface area (Å²) in [6.07, 6.45) is 0. The summed E-state index contributed by atoms with van der Waals surface area (Å²) in [6, 6.07) is 13.8. The summed E-state index contributed by atoms with van der Waals surface area (Å²) in [5, 5.41) is 5.58. The van der Waals surface area contributed by atoms with E-state index in [0.29, 0.717) is 39.0 Å². The first-order valence-electron chi connectivity index (χ1n) is 10.8. The lowest BCUT2D eigenvalue weighted by Gasteiger charge is -2.32. The zero-order valence-electron chi connectivity index (χ0n) is 19.7. The number of carbonyl (C=O) groups is 2. The molecule has 0 fully saturated rings. The summed E-state index contributed by atoms with van der Waals surface area (Å²) in [4.78, 5) is 34.6. The molecule has 2 atom stereocenters. The number of thiazole rings is 1. The number of esters is 2. The van der Waals surface area contributed by atoms with Gasteiger partial charge in [-0.05, 0) is 37.6 Å². The molecule has 1 aromatic heterocycles. The highest BCUT2D eigenvalue weighted by Gasteiger charge is 2.43. The Morgan fingerprint density at radius 2 is 1.74 bits per heavy atom. The van der Waals surface area contributed by atoms with Crippen LogP contribution in [-0.4, -0.2) is 36.9 Å². The van der Waals surface area contributed by atoms with Crippen molar-refractivity contribution in [3.8, 4) is 11.3 Å². The third kappa shape index (κ3) is 4.72. The number of allylic oxidation sites excluding steroid dienone is 1. The van der Waals surface area contributed by atoms with Gasteiger partial charge in [-0.2, -0.15) is 0 Å². The lowest BCUT2D eigenvalue weighted by atomic mass is 9.75. The van der Waals surface area contributed by atoms with Crippen molar-refractivity contribution in [3.63, 3.8) is 0 Å². The smallest absolute Gasteiger partial charge is 0.336 e. The highest BCUT2D eigenvalue weighted by atomic mass is 32.1. The molecule has 1 N–H and O–H groups in total. The largest absolute Gasteiger partial charge is 0.468 e. The van der Waals surface area contributed by atoms with Gasteiger partial charge < -0.3 is 14.8 Å². The van der Waals surface area contributed by atoms with Crippen molar-refractivity contribution in [2.24, 2.45) is 10.9 Å². The SMILES string of the molecule is COC(=O)C1=C(C)N=C(C)C(C(=O)OC)C1c1ccccc1Nc1nc(-c2ccccc2F)cs1. The van der Waals surface area contributed by atoms with E-state index in [-0.39, 0.29) is 11.4 Å². The first-order chi connectivity index (χ1) is 16.8. The van der Waals surface area contributed by atoms with E-state index in [2.05, 4.69) is 15.3 Å². The Labute approximate surface area is 206 Å². The number of aromatic nitrogens is 1. The molecule has 1 aliphatic rings. The number of halogens is 1. The number of benzene rings is 2. The summed E-state index contributed by atoms with van der Waals surface area (Å²) in [5.41, 5.74) is 3.54. The van der Waals surface area contributed by atoms with Crippen LogP contribution in [0, 0.1) is 11.7 Å². The summed E-state index contributed by atoms with van der Waals surface area (Å²) in [7, 11) is 2.60. The Morgan fingerprint density at radius 1 is 1.03 bits per heavy atom. The number of ether oxygens (including phenoxy) is 2. The molecule has 1 aliphatic heterocycles. The van der Waals surface area contributed by atoms with Gasteiger partial charge in [-0.1, -0.05) is 30.3 Å². The Kier molecular flexibility index (Phi) is 7.07. The van der Waals surface area contributed by atoms with Crippen LogP contribution in [0.4, 0.5) is 15.2 Å². The van der Waals surface area contributed by atoms with Crippen LogP contribution in [0.5, 0.6) is 0 Å². The van der Waals surface area contributed by atoms with E-state index in [9.17, 15) is 14.0 Å². The first-order valence-corrected chi connectivity index (χ1v) is 11.7. The minimum Gasteiger partial charge on any atom is -0.468 e. The van der Waals surface area contributed by atoms with Gasteiger partial charge in [-0.15, -0.1) is 11.3 Å². The predicted octanol–water partition coefficient (Wildman–Crippen LogP) is 5.49. The zero-order chi connectivity index (χ0) is 25.1. The van der Waals surface area contributed by atoms with Gasteiger partial charge in [0.25, 0.3) is 0 Å². The van der Waals surface area contributed by atoms with Gasteiger partial charge in [-0.25, -0.2) is 14.2 Å². The molecule has 3 aromatic rings. The van der Waals surface area contributed by atoms with E-state index in [1.54, 1.807) is 37.4 Å². The number of hydrogen-bond donors (Lipinski definition) is 1. The van der Waals surface area contributed by atoms with Crippen LogP contribution in [0.25, 0.3) is 11.3 Å². The Hall–Kier alpha value is -3.85. The summed E-state index contributed by atoms with van der Waals surface area (Å²) in [5.74, 6) is -2.93. The van der Waals surface area contributed by atoms with Gasteiger partial charge in [0.2, 0.25) is 0 Å². The minimum atomic E-state index is -0.814. The van der Waals surface area contributed by atoms with Gasteiger partial charge in [0.15, 0.2) is 5.13 Å². The van der Waals surface area contributed by atoms with Crippen molar-refractivity contribution in [2.45, 2.75) is 19.8 Å². The van der Waals surface area contributed by atoms with Crippen molar-refractivity contribution < 1.29 is 23.5 Å². The lowest BCUT2D eigenvalue weighted by molar-refractivity contribution is -0.143. The summed E-state index contributed by atoms with van der Waals surface area (Å²) < 4.78 is 24.4. The number of rotatable bonds is 6. The van der Waals surface area contributed by atoms with Crippen LogP contribution >= 0.6 is 11.3 Å². The van der Waals surface area contributed by atoms with Crippen LogP contribution in [0.2, 0.25) is 0 Å². The molecule has 2 unspecified atom stereocenters. The van der Waals surface area contributed by atoms with Gasteiger partial charge in [-0.3, -0.25) is 9.79 Å². The molecular weight excluding hydrogens is 469 g/mol. The molecule has 4 rings (SSSR count). The molecule has 0 spiro atoms. The van der Waals surface area contributed by atoms with E-state index in [1.165, 1.54) is 31.6 Å². The Bertz CT molecular complexity index is 1350. The van der Waals surface area contributed by atoms with E-state index in [0.717, 1.165) is 0 Å². The minimum absolute atomic E-state index is 0.286. The predicted molar refractivity (Wildman–Crippen MR) is 133 cm³/mol. The average molecular weight is 494 g/mol.